The van der Waals surface area contributed by atoms with Crippen LogP contribution >= 0.6 is 0 Å². The summed E-state index contributed by atoms with van der Waals surface area (Å²) in [5.74, 6) is 0.938. The van der Waals surface area contributed by atoms with E-state index in [4.69, 9.17) is 4.74 Å². The Morgan fingerprint density at radius 1 is 1.33 bits per heavy atom. The summed E-state index contributed by atoms with van der Waals surface area (Å²) in [5.41, 5.74) is 1.39. The average molecular weight is 248 g/mol. The van der Waals surface area contributed by atoms with Crippen molar-refractivity contribution in [3.8, 4) is 5.75 Å². The molecule has 1 N–H and O–H groups in total. The van der Waals surface area contributed by atoms with Gasteiger partial charge in [0.15, 0.2) is 0 Å². The van der Waals surface area contributed by atoms with Gasteiger partial charge in [-0.1, -0.05) is 12.1 Å². The minimum Gasteiger partial charge on any atom is -0.497 e. The number of rotatable bonds is 6. The van der Waals surface area contributed by atoms with Gasteiger partial charge in [-0.2, -0.15) is 0 Å². The summed E-state index contributed by atoms with van der Waals surface area (Å²) in [6.07, 6.45) is 3.81. The summed E-state index contributed by atoms with van der Waals surface area (Å²) in [5, 5.41) is 3.29. The molecule has 1 aliphatic heterocycles. The third-order valence-corrected chi connectivity index (χ3v) is 3.79. The molecule has 0 spiro atoms. The molecule has 1 atom stereocenters. The van der Waals surface area contributed by atoms with Gasteiger partial charge in [0, 0.05) is 19.1 Å². The van der Waals surface area contributed by atoms with Crippen LogP contribution in [0.2, 0.25) is 0 Å². The van der Waals surface area contributed by atoms with Crippen LogP contribution in [-0.2, 0) is 6.42 Å². The monoisotopic (exact) mass is 248 g/mol. The maximum Gasteiger partial charge on any atom is 0.118 e. The fourth-order valence-electron chi connectivity index (χ4n) is 2.72. The molecule has 1 unspecified atom stereocenters. The maximum absolute atomic E-state index is 5.18. The largest absolute Gasteiger partial charge is 0.497 e. The van der Waals surface area contributed by atoms with Crippen LogP contribution in [0.4, 0.5) is 0 Å². The molecule has 0 amide bonds. The lowest BCUT2D eigenvalue weighted by Crippen LogP contribution is -2.37. The summed E-state index contributed by atoms with van der Waals surface area (Å²) in [6.45, 7) is 3.53. The first-order valence-corrected chi connectivity index (χ1v) is 6.85. The SMILES string of the molecule is CNCC1CCCN1CCc1ccc(OC)cc1. The smallest absolute Gasteiger partial charge is 0.118 e. The number of hydrogen-bond acceptors (Lipinski definition) is 3. The second-order valence-corrected chi connectivity index (χ2v) is 4.99. The molecule has 0 radical (unpaired) electrons. The molecule has 1 heterocycles. The fourth-order valence-corrected chi connectivity index (χ4v) is 2.72. The van der Waals surface area contributed by atoms with Gasteiger partial charge in [-0.3, -0.25) is 4.90 Å². The number of hydrogen-bond donors (Lipinski definition) is 1. The first-order valence-electron chi connectivity index (χ1n) is 6.85. The van der Waals surface area contributed by atoms with Crippen LogP contribution in [0.3, 0.4) is 0 Å². The number of methoxy groups -OCH3 is 1. The van der Waals surface area contributed by atoms with E-state index in [1.165, 1.54) is 31.5 Å². The molecule has 3 heteroatoms. The second-order valence-electron chi connectivity index (χ2n) is 4.99. The normalized spacial score (nSPS) is 20.2. The molecule has 0 bridgehead atoms. The first kappa shape index (κ1) is 13.4. The Balaban J connectivity index is 1.82. The van der Waals surface area contributed by atoms with Crippen LogP contribution in [0.5, 0.6) is 5.75 Å². The molecule has 100 valence electrons. The van der Waals surface area contributed by atoms with Crippen molar-refractivity contribution in [3.63, 3.8) is 0 Å². The minimum absolute atomic E-state index is 0.730. The quantitative estimate of drug-likeness (QED) is 0.832. The molecular weight excluding hydrogens is 224 g/mol. The van der Waals surface area contributed by atoms with Gasteiger partial charge >= 0.3 is 0 Å². The first-order chi connectivity index (χ1) is 8.83. The molecule has 0 saturated carbocycles. The van der Waals surface area contributed by atoms with E-state index in [1.54, 1.807) is 7.11 Å². The third kappa shape index (κ3) is 3.47. The van der Waals surface area contributed by atoms with E-state index >= 15 is 0 Å². The van der Waals surface area contributed by atoms with Crippen LogP contribution in [0.25, 0.3) is 0 Å². The van der Waals surface area contributed by atoms with Crippen molar-refractivity contribution in [2.24, 2.45) is 0 Å². The van der Waals surface area contributed by atoms with Gasteiger partial charge in [-0.15, -0.1) is 0 Å². The molecule has 3 nitrogen and oxygen atoms in total. The second kappa shape index (κ2) is 6.76. The molecular formula is C15H24N2O. The van der Waals surface area contributed by atoms with Gasteiger partial charge in [0.05, 0.1) is 7.11 Å². The average Bonchev–Trinajstić information content (AvgIpc) is 2.85. The lowest BCUT2D eigenvalue weighted by atomic mass is 10.1. The number of nitrogens with one attached hydrogen (secondary N) is 1. The van der Waals surface area contributed by atoms with Crippen LogP contribution < -0.4 is 10.1 Å². The van der Waals surface area contributed by atoms with Crippen molar-refractivity contribution in [2.75, 3.05) is 33.8 Å². The molecule has 1 aromatic rings. The van der Waals surface area contributed by atoms with E-state index in [0.717, 1.165) is 24.8 Å². The molecule has 0 aliphatic carbocycles. The van der Waals surface area contributed by atoms with E-state index in [2.05, 4.69) is 22.3 Å². The molecule has 1 aliphatic rings. The summed E-state index contributed by atoms with van der Waals surface area (Å²) in [4.78, 5) is 2.61. The topological polar surface area (TPSA) is 24.5 Å². The van der Waals surface area contributed by atoms with E-state index < -0.39 is 0 Å². The van der Waals surface area contributed by atoms with Crippen LogP contribution in [0, 0.1) is 0 Å². The van der Waals surface area contributed by atoms with Crippen molar-refractivity contribution in [1.82, 2.24) is 10.2 Å². The highest BCUT2D eigenvalue weighted by atomic mass is 16.5. The van der Waals surface area contributed by atoms with Gasteiger partial charge in [0.2, 0.25) is 0 Å². The van der Waals surface area contributed by atoms with Gasteiger partial charge in [-0.05, 0) is 50.6 Å². The minimum atomic E-state index is 0.730. The molecule has 1 aromatic carbocycles. The van der Waals surface area contributed by atoms with Gasteiger partial charge in [0.1, 0.15) is 5.75 Å². The molecule has 18 heavy (non-hydrogen) atoms. The highest BCUT2D eigenvalue weighted by Crippen LogP contribution is 2.18. The lowest BCUT2D eigenvalue weighted by Gasteiger charge is -2.24. The Bertz CT molecular complexity index is 350. The zero-order valence-corrected chi connectivity index (χ0v) is 11.5. The van der Waals surface area contributed by atoms with Crippen LogP contribution in [0.1, 0.15) is 18.4 Å². The Labute approximate surface area is 110 Å². The Kier molecular flexibility index (Phi) is 5.02. The molecule has 2 rings (SSSR count). The zero-order valence-electron chi connectivity index (χ0n) is 11.5. The predicted octanol–water partition coefficient (Wildman–Crippen LogP) is 1.92. The Hall–Kier alpha value is -1.06. The van der Waals surface area contributed by atoms with Gasteiger partial charge in [0.25, 0.3) is 0 Å². The van der Waals surface area contributed by atoms with E-state index in [0.29, 0.717) is 0 Å². The molecule has 1 saturated heterocycles. The summed E-state index contributed by atoms with van der Waals surface area (Å²) < 4.78 is 5.18. The predicted molar refractivity (Wildman–Crippen MR) is 75.2 cm³/mol. The van der Waals surface area contributed by atoms with Crippen LogP contribution in [-0.4, -0.2) is 44.7 Å². The summed E-state index contributed by atoms with van der Waals surface area (Å²) in [6, 6.07) is 9.16. The van der Waals surface area contributed by atoms with E-state index in [-0.39, 0.29) is 0 Å². The highest BCUT2D eigenvalue weighted by Gasteiger charge is 2.22. The summed E-state index contributed by atoms with van der Waals surface area (Å²) >= 11 is 0. The van der Waals surface area contributed by atoms with E-state index in [9.17, 15) is 0 Å². The fraction of sp³-hybridized carbons (Fsp3) is 0.600. The lowest BCUT2D eigenvalue weighted by molar-refractivity contribution is 0.253. The van der Waals surface area contributed by atoms with Gasteiger partial charge in [-0.25, -0.2) is 0 Å². The number of nitrogens with zero attached hydrogens (tertiary/aromatic N) is 1. The summed E-state index contributed by atoms with van der Waals surface area (Å²) in [7, 11) is 3.75. The van der Waals surface area contributed by atoms with E-state index in [1.807, 2.05) is 19.2 Å². The van der Waals surface area contributed by atoms with Crippen molar-refractivity contribution < 1.29 is 4.74 Å². The van der Waals surface area contributed by atoms with Crippen molar-refractivity contribution >= 4 is 0 Å². The maximum atomic E-state index is 5.18. The Morgan fingerprint density at radius 3 is 2.78 bits per heavy atom. The van der Waals surface area contributed by atoms with Gasteiger partial charge < -0.3 is 10.1 Å². The third-order valence-electron chi connectivity index (χ3n) is 3.79. The number of ether oxygens (including phenoxy) is 1. The Morgan fingerprint density at radius 2 is 2.11 bits per heavy atom. The number of benzene rings is 1. The van der Waals surface area contributed by atoms with Crippen molar-refractivity contribution in [3.05, 3.63) is 29.8 Å². The van der Waals surface area contributed by atoms with Crippen LogP contribution in [0.15, 0.2) is 24.3 Å². The standard InChI is InChI=1S/C15H24N2O/c1-16-12-14-4-3-10-17(14)11-9-13-5-7-15(18-2)8-6-13/h5-8,14,16H,3-4,9-12H2,1-2H3. The number of likely N-dealkylation sites (tertiary alicyclic amines) is 1. The van der Waals surface area contributed by atoms with Crippen molar-refractivity contribution in [2.45, 2.75) is 25.3 Å². The zero-order chi connectivity index (χ0) is 12.8. The molecule has 0 aromatic heterocycles. The van der Waals surface area contributed by atoms with Crippen molar-refractivity contribution in [1.29, 1.82) is 0 Å². The number of likely N-dealkylation sites (N-methyl/N-ethyl adjacent to an activating group) is 1. The molecule has 1 fully saturated rings. The highest BCUT2D eigenvalue weighted by molar-refractivity contribution is 5.27.